The maximum Gasteiger partial charge on any atom is 0.325 e. The van der Waals surface area contributed by atoms with Crippen LogP contribution in [0.15, 0.2) is 54.6 Å². The average molecular weight is 328 g/mol. The Morgan fingerprint density at radius 2 is 1.58 bits per heavy atom. The number of carbonyl (C=O) groups excluding carboxylic acids is 1. The second-order valence-corrected chi connectivity index (χ2v) is 5.41. The third-order valence-corrected chi connectivity index (χ3v) is 3.68. The van der Waals surface area contributed by atoms with Gasteiger partial charge in [0.1, 0.15) is 6.04 Å². The fraction of sp³-hybridized carbons (Fsp3) is 0.222. The molecule has 6 nitrogen and oxygen atoms in total. The van der Waals surface area contributed by atoms with Crippen LogP contribution in [0.2, 0.25) is 0 Å². The van der Waals surface area contributed by atoms with Crippen molar-refractivity contribution < 1.29 is 19.9 Å². The lowest BCUT2D eigenvalue weighted by molar-refractivity contribution is -0.139. The molecule has 0 aromatic heterocycles. The fourth-order valence-corrected chi connectivity index (χ4v) is 2.35. The van der Waals surface area contributed by atoms with Gasteiger partial charge in [0.2, 0.25) is 5.91 Å². The van der Waals surface area contributed by atoms with E-state index < -0.39 is 17.9 Å². The van der Waals surface area contributed by atoms with Crippen LogP contribution >= 0.6 is 0 Å². The number of aryl methyl sites for hydroxylation is 1. The third kappa shape index (κ3) is 5.19. The zero-order chi connectivity index (χ0) is 17.4. The van der Waals surface area contributed by atoms with Gasteiger partial charge in [0.25, 0.3) is 0 Å². The monoisotopic (exact) mass is 328 g/mol. The number of rotatable bonds is 8. The molecule has 0 saturated carbocycles. The lowest BCUT2D eigenvalue weighted by Gasteiger charge is -2.15. The SMILES string of the molecule is O=C(CCc1ccc(CNC(C(=O)O)c2ccccc2)cc1)NO. The first-order valence-corrected chi connectivity index (χ1v) is 7.62. The van der Waals surface area contributed by atoms with Gasteiger partial charge >= 0.3 is 5.97 Å². The molecule has 0 fully saturated rings. The van der Waals surface area contributed by atoms with Gasteiger partial charge in [-0.25, -0.2) is 5.48 Å². The highest BCUT2D eigenvalue weighted by molar-refractivity contribution is 5.75. The van der Waals surface area contributed by atoms with Crippen molar-refractivity contribution >= 4 is 11.9 Å². The van der Waals surface area contributed by atoms with E-state index in [2.05, 4.69) is 5.32 Å². The molecule has 0 bridgehead atoms. The maximum absolute atomic E-state index is 11.4. The number of benzene rings is 2. The first-order chi connectivity index (χ1) is 11.6. The highest BCUT2D eigenvalue weighted by Crippen LogP contribution is 2.14. The van der Waals surface area contributed by atoms with Gasteiger partial charge in [0.05, 0.1) is 0 Å². The van der Waals surface area contributed by atoms with E-state index in [0.717, 1.165) is 11.1 Å². The maximum atomic E-state index is 11.4. The number of carboxylic acid groups (broad SMARTS) is 1. The highest BCUT2D eigenvalue weighted by atomic mass is 16.5. The molecule has 1 amide bonds. The van der Waals surface area contributed by atoms with Crippen LogP contribution in [-0.4, -0.2) is 22.2 Å². The second kappa shape index (κ2) is 8.81. The van der Waals surface area contributed by atoms with Crippen molar-refractivity contribution in [3.63, 3.8) is 0 Å². The molecular formula is C18H20N2O4. The Hall–Kier alpha value is -2.70. The summed E-state index contributed by atoms with van der Waals surface area (Å²) in [6.07, 6.45) is 0.741. The molecule has 0 aliphatic heterocycles. The largest absolute Gasteiger partial charge is 0.480 e. The average Bonchev–Trinajstić information content (AvgIpc) is 2.61. The van der Waals surface area contributed by atoms with Crippen molar-refractivity contribution in [1.29, 1.82) is 0 Å². The van der Waals surface area contributed by atoms with Gasteiger partial charge in [0.15, 0.2) is 0 Å². The Bertz CT molecular complexity index is 671. The summed E-state index contributed by atoms with van der Waals surface area (Å²) < 4.78 is 0. The zero-order valence-electron chi connectivity index (χ0n) is 13.1. The van der Waals surface area contributed by atoms with E-state index in [9.17, 15) is 14.7 Å². The number of hydroxylamine groups is 1. The van der Waals surface area contributed by atoms with Crippen molar-refractivity contribution in [2.45, 2.75) is 25.4 Å². The highest BCUT2D eigenvalue weighted by Gasteiger charge is 2.18. The number of amides is 1. The minimum atomic E-state index is -0.923. The molecule has 2 rings (SSSR count). The first-order valence-electron chi connectivity index (χ1n) is 7.62. The molecule has 24 heavy (non-hydrogen) atoms. The predicted molar refractivity (Wildman–Crippen MR) is 88.4 cm³/mol. The Morgan fingerprint density at radius 1 is 0.958 bits per heavy atom. The van der Waals surface area contributed by atoms with Crippen LogP contribution in [-0.2, 0) is 22.6 Å². The van der Waals surface area contributed by atoms with Crippen molar-refractivity contribution in [3.05, 3.63) is 71.3 Å². The van der Waals surface area contributed by atoms with Gasteiger partial charge in [-0.1, -0.05) is 54.6 Å². The molecule has 0 heterocycles. The summed E-state index contributed by atoms with van der Waals surface area (Å²) in [5.74, 6) is -1.35. The van der Waals surface area contributed by atoms with Gasteiger partial charge in [-0.3, -0.25) is 20.1 Å². The van der Waals surface area contributed by atoms with E-state index in [4.69, 9.17) is 5.21 Å². The van der Waals surface area contributed by atoms with Crippen LogP contribution in [0.1, 0.15) is 29.2 Å². The summed E-state index contributed by atoms with van der Waals surface area (Å²) in [6.45, 7) is 0.420. The number of carbonyl (C=O) groups is 2. The van der Waals surface area contributed by atoms with Crippen LogP contribution in [0.4, 0.5) is 0 Å². The minimum absolute atomic E-state index is 0.212. The van der Waals surface area contributed by atoms with Crippen molar-refractivity contribution in [1.82, 2.24) is 10.8 Å². The number of hydrogen-bond donors (Lipinski definition) is 4. The summed E-state index contributed by atoms with van der Waals surface area (Å²) in [7, 11) is 0. The van der Waals surface area contributed by atoms with Crippen LogP contribution in [0.3, 0.4) is 0 Å². The Balaban J connectivity index is 1.93. The van der Waals surface area contributed by atoms with Crippen LogP contribution in [0, 0.1) is 0 Å². The van der Waals surface area contributed by atoms with E-state index in [1.165, 1.54) is 0 Å². The molecule has 0 aliphatic rings. The molecule has 2 aromatic carbocycles. The standard InChI is InChI=1S/C18H20N2O4/c21-16(20-24)11-10-13-6-8-14(9-7-13)12-19-17(18(22)23)15-4-2-1-3-5-15/h1-9,17,19,24H,10-12H2,(H,20,21)(H,22,23). The first kappa shape index (κ1) is 17.7. The minimum Gasteiger partial charge on any atom is -0.480 e. The number of aliphatic carboxylic acids is 1. The van der Waals surface area contributed by atoms with E-state index >= 15 is 0 Å². The van der Waals surface area contributed by atoms with Crippen molar-refractivity contribution in [2.24, 2.45) is 0 Å². The van der Waals surface area contributed by atoms with Gasteiger partial charge in [0, 0.05) is 13.0 Å². The predicted octanol–water partition coefficient (Wildman–Crippen LogP) is 2.04. The lowest BCUT2D eigenvalue weighted by Crippen LogP contribution is -2.28. The Kier molecular flexibility index (Phi) is 6.48. The summed E-state index contributed by atoms with van der Waals surface area (Å²) in [5.41, 5.74) is 4.23. The summed E-state index contributed by atoms with van der Waals surface area (Å²) >= 11 is 0. The molecular weight excluding hydrogens is 308 g/mol. The van der Waals surface area contributed by atoms with Crippen LogP contribution in [0.25, 0.3) is 0 Å². The smallest absolute Gasteiger partial charge is 0.325 e. The van der Waals surface area contributed by atoms with Crippen LogP contribution < -0.4 is 10.8 Å². The number of hydrogen-bond acceptors (Lipinski definition) is 4. The van der Waals surface area contributed by atoms with Gasteiger partial charge < -0.3 is 5.11 Å². The molecule has 126 valence electrons. The molecule has 1 unspecified atom stereocenters. The van der Waals surface area contributed by atoms with E-state index in [0.29, 0.717) is 18.5 Å². The Labute approximate surface area is 140 Å². The van der Waals surface area contributed by atoms with E-state index in [1.54, 1.807) is 17.6 Å². The lowest BCUT2D eigenvalue weighted by atomic mass is 10.1. The third-order valence-electron chi connectivity index (χ3n) is 3.68. The normalized spacial score (nSPS) is 11.7. The second-order valence-electron chi connectivity index (χ2n) is 5.41. The molecule has 0 aliphatic carbocycles. The summed E-state index contributed by atoms with van der Waals surface area (Å²) in [6, 6.07) is 15.8. The summed E-state index contributed by atoms with van der Waals surface area (Å²) in [4.78, 5) is 22.4. The van der Waals surface area contributed by atoms with E-state index in [1.807, 2.05) is 42.5 Å². The van der Waals surface area contributed by atoms with Gasteiger partial charge in [-0.2, -0.15) is 0 Å². The molecule has 0 spiro atoms. The fourth-order valence-electron chi connectivity index (χ4n) is 2.35. The molecule has 4 N–H and O–H groups in total. The molecule has 6 heteroatoms. The quantitative estimate of drug-likeness (QED) is 0.439. The number of nitrogens with one attached hydrogen (secondary N) is 2. The molecule has 1 atom stereocenters. The topological polar surface area (TPSA) is 98.7 Å². The van der Waals surface area contributed by atoms with Crippen LogP contribution in [0.5, 0.6) is 0 Å². The molecule has 0 saturated heterocycles. The zero-order valence-corrected chi connectivity index (χ0v) is 13.1. The van der Waals surface area contributed by atoms with E-state index in [-0.39, 0.29) is 6.42 Å². The van der Waals surface area contributed by atoms with Gasteiger partial charge in [-0.05, 0) is 23.1 Å². The van der Waals surface area contributed by atoms with Crippen molar-refractivity contribution in [2.75, 3.05) is 0 Å². The Morgan fingerprint density at radius 3 is 2.17 bits per heavy atom. The van der Waals surface area contributed by atoms with Crippen molar-refractivity contribution in [3.8, 4) is 0 Å². The van der Waals surface area contributed by atoms with Gasteiger partial charge in [-0.15, -0.1) is 0 Å². The molecule has 2 aromatic rings. The molecule has 0 radical (unpaired) electrons. The number of carboxylic acids is 1. The summed E-state index contributed by atoms with van der Waals surface area (Å²) in [5, 5.41) is 20.9.